The number of ether oxygens (including phenoxy) is 2. The summed E-state index contributed by atoms with van der Waals surface area (Å²) in [5.41, 5.74) is 0. The van der Waals surface area contributed by atoms with Crippen LogP contribution in [0.4, 0.5) is 0 Å². The van der Waals surface area contributed by atoms with Crippen LogP contribution in [0.3, 0.4) is 0 Å². The first-order valence-corrected chi connectivity index (χ1v) is 5.63. The number of rotatable bonds is 8. The quantitative estimate of drug-likeness (QED) is 0.501. The van der Waals surface area contributed by atoms with Gasteiger partial charge in [0.25, 0.3) is 0 Å². The summed E-state index contributed by atoms with van der Waals surface area (Å²) in [7, 11) is 0. The van der Waals surface area contributed by atoms with Crippen molar-refractivity contribution in [3.05, 3.63) is 0 Å². The number of carboxylic acids is 1. The van der Waals surface area contributed by atoms with Gasteiger partial charge in [0.15, 0.2) is 0 Å². The number of hydrogen-bond acceptors (Lipinski definition) is 4. The highest BCUT2D eigenvalue weighted by molar-refractivity contribution is 5.78. The molecule has 0 spiro atoms. The van der Waals surface area contributed by atoms with E-state index in [1.54, 1.807) is 0 Å². The Balaban J connectivity index is 2.22. The van der Waals surface area contributed by atoms with Crippen molar-refractivity contribution in [1.82, 2.24) is 0 Å². The summed E-state index contributed by atoms with van der Waals surface area (Å²) in [6, 6.07) is 0. The van der Waals surface area contributed by atoms with E-state index in [0.717, 1.165) is 12.8 Å². The molecule has 0 aromatic rings. The van der Waals surface area contributed by atoms with Crippen molar-refractivity contribution in [2.24, 2.45) is 5.92 Å². The van der Waals surface area contributed by atoms with Crippen LogP contribution in [0.2, 0.25) is 0 Å². The third kappa shape index (κ3) is 5.11. The van der Waals surface area contributed by atoms with Crippen LogP contribution >= 0.6 is 0 Å². The normalized spacial score (nSPS) is 20.2. The van der Waals surface area contributed by atoms with Crippen molar-refractivity contribution in [3.8, 4) is 0 Å². The van der Waals surface area contributed by atoms with Gasteiger partial charge >= 0.3 is 11.9 Å². The molecule has 1 fully saturated rings. The molecule has 1 aliphatic rings. The number of unbranched alkanes of at least 4 members (excludes halogenated alkanes) is 1. The van der Waals surface area contributed by atoms with Crippen molar-refractivity contribution < 1.29 is 24.2 Å². The summed E-state index contributed by atoms with van der Waals surface area (Å²) in [6.45, 7) is 2.87. The van der Waals surface area contributed by atoms with Gasteiger partial charge in [-0.05, 0) is 6.42 Å². The van der Waals surface area contributed by atoms with E-state index in [2.05, 4.69) is 0 Å². The maximum Gasteiger partial charge on any atom is 0.307 e. The van der Waals surface area contributed by atoms with Crippen LogP contribution in [0.15, 0.2) is 0 Å². The summed E-state index contributed by atoms with van der Waals surface area (Å²) in [5, 5.41) is 8.91. The van der Waals surface area contributed by atoms with Crippen molar-refractivity contribution in [2.45, 2.75) is 38.7 Å². The topological polar surface area (TPSA) is 76.1 Å². The molecule has 5 heteroatoms. The lowest BCUT2D eigenvalue weighted by molar-refractivity contribution is -0.152. The molecular formula is C11H18O5. The largest absolute Gasteiger partial charge is 0.481 e. The molecule has 1 aliphatic heterocycles. The van der Waals surface area contributed by atoms with Crippen LogP contribution in [0, 0.1) is 5.92 Å². The Morgan fingerprint density at radius 2 is 2.25 bits per heavy atom. The van der Waals surface area contributed by atoms with Gasteiger partial charge in [-0.3, -0.25) is 9.59 Å². The molecule has 0 bridgehead atoms. The fraction of sp³-hybridized carbons (Fsp3) is 0.818. The van der Waals surface area contributed by atoms with E-state index in [9.17, 15) is 9.59 Å². The molecule has 0 saturated carbocycles. The molecule has 1 rings (SSSR count). The number of hydrogen-bond donors (Lipinski definition) is 1. The minimum absolute atomic E-state index is 0.0304. The van der Waals surface area contributed by atoms with E-state index in [4.69, 9.17) is 14.6 Å². The number of carbonyl (C=O) groups excluding carboxylic acids is 1. The maximum absolute atomic E-state index is 11.3. The average molecular weight is 230 g/mol. The Bertz CT molecular complexity index is 247. The van der Waals surface area contributed by atoms with Gasteiger partial charge in [0.05, 0.1) is 18.9 Å². The first-order chi connectivity index (χ1) is 7.63. The zero-order valence-electron chi connectivity index (χ0n) is 9.48. The molecule has 16 heavy (non-hydrogen) atoms. The number of carboxylic acid groups (broad SMARTS) is 1. The van der Waals surface area contributed by atoms with Crippen molar-refractivity contribution in [3.63, 3.8) is 0 Å². The molecule has 0 aromatic heterocycles. The average Bonchev–Trinajstić information content (AvgIpc) is 3.04. The summed E-state index contributed by atoms with van der Waals surface area (Å²) in [6.07, 6.45) is 2.26. The second kappa shape index (κ2) is 6.48. The molecule has 0 amide bonds. The zero-order valence-corrected chi connectivity index (χ0v) is 9.48. The van der Waals surface area contributed by atoms with Crippen LogP contribution in [0.25, 0.3) is 0 Å². The summed E-state index contributed by atoms with van der Waals surface area (Å²) in [5.74, 6) is -1.99. The van der Waals surface area contributed by atoms with E-state index in [1.165, 1.54) is 0 Å². The molecule has 0 aliphatic carbocycles. The minimum atomic E-state index is -0.923. The Kier molecular flexibility index (Phi) is 5.25. The fourth-order valence-electron chi connectivity index (χ4n) is 1.37. The Morgan fingerprint density at radius 3 is 2.75 bits per heavy atom. The Morgan fingerprint density at radius 1 is 1.56 bits per heavy atom. The Hall–Kier alpha value is -1.10. The van der Waals surface area contributed by atoms with Crippen molar-refractivity contribution in [1.29, 1.82) is 0 Å². The molecule has 5 nitrogen and oxygen atoms in total. The van der Waals surface area contributed by atoms with E-state index in [0.29, 0.717) is 13.0 Å². The van der Waals surface area contributed by atoms with Gasteiger partial charge in [-0.1, -0.05) is 19.8 Å². The summed E-state index contributed by atoms with van der Waals surface area (Å²) >= 11 is 0. The van der Waals surface area contributed by atoms with Crippen molar-refractivity contribution in [2.75, 3.05) is 13.2 Å². The second-order valence-corrected chi connectivity index (χ2v) is 4.02. The molecule has 0 radical (unpaired) electrons. The Labute approximate surface area is 94.7 Å². The second-order valence-electron chi connectivity index (χ2n) is 4.02. The lowest BCUT2D eigenvalue weighted by Crippen LogP contribution is -2.20. The third-order valence-electron chi connectivity index (χ3n) is 2.50. The van der Waals surface area contributed by atoms with E-state index < -0.39 is 17.9 Å². The molecule has 2 unspecified atom stereocenters. The maximum atomic E-state index is 11.3. The molecule has 2 atom stereocenters. The lowest BCUT2D eigenvalue weighted by Gasteiger charge is -2.10. The van der Waals surface area contributed by atoms with Crippen LogP contribution < -0.4 is 0 Å². The molecule has 0 aromatic carbocycles. The van der Waals surface area contributed by atoms with Gasteiger partial charge in [0.2, 0.25) is 0 Å². The summed E-state index contributed by atoms with van der Waals surface area (Å²) in [4.78, 5) is 22.2. The van der Waals surface area contributed by atoms with E-state index in [-0.39, 0.29) is 19.1 Å². The number of carbonyl (C=O) groups is 2. The van der Waals surface area contributed by atoms with Gasteiger partial charge in [-0.2, -0.15) is 0 Å². The van der Waals surface area contributed by atoms with Crippen LogP contribution in [-0.2, 0) is 19.1 Å². The monoisotopic (exact) mass is 230 g/mol. The smallest absolute Gasteiger partial charge is 0.307 e. The molecule has 92 valence electrons. The number of aliphatic carboxylic acids is 1. The number of esters is 1. The number of epoxide rings is 1. The van der Waals surface area contributed by atoms with E-state index in [1.807, 2.05) is 6.92 Å². The lowest BCUT2D eigenvalue weighted by atomic mass is 9.99. The fourth-order valence-corrected chi connectivity index (χ4v) is 1.37. The molecular weight excluding hydrogens is 212 g/mol. The summed E-state index contributed by atoms with van der Waals surface area (Å²) < 4.78 is 9.78. The predicted molar refractivity (Wildman–Crippen MR) is 56.0 cm³/mol. The molecule has 1 N–H and O–H groups in total. The highest BCUT2D eigenvalue weighted by Gasteiger charge is 2.26. The third-order valence-corrected chi connectivity index (χ3v) is 2.50. The first kappa shape index (κ1) is 13.0. The van der Waals surface area contributed by atoms with Gasteiger partial charge in [-0.15, -0.1) is 0 Å². The van der Waals surface area contributed by atoms with Crippen LogP contribution in [0.5, 0.6) is 0 Å². The molecule has 1 saturated heterocycles. The SMILES string of the molecule is CCCCC(CC(=O)OCC1CO1)C(=O)O. The van der Waals surface area contributed by atoms with Gasteiger partial charge in [0, 0.05) is 0 Å². The van der Waals surface area contributed by atoms with Crippen LogP contribution in [-0.4, -0.2) is 36.4 Å². The van der Waals surface area contributed by atoms with E-state index >= 15 is 0 Å². The highest BCUT2D eigenvalue weighted by Crippen LogP contribution is 2.15. The molecule has 1 heterocycles. The first-order valence-electron chi connectivity index (χ1n) is 5.63. The zero-order chi connectivity index (χ0) is 12.0. The van der Waals surface area contributed by atoms with Gasteiger partial charge < -0.3 is 14.6 Å². The highest BCUT2D eigenvalue weighted by atomic mass is 16.6. The van der Waals surface area contributed by atoms with Gasteiger partial charge in [0.1, 0.15) is 12.7 Å². The standard InChI is InChI=1S/C11H18O5/c1-2-3-4-8(11(13)14)5-10(12)16-7-9-6-15-9/h8-9H,2-7H2,1H3,(H,13,14). The van der Waals surface area contributed by atoms with Crippen molar-refractivity contribution >= 4 is 11.9 Å². The minimum Gasteiger partial charge on any atom is -0.481 e. The predicted octanol–water partition coefficient (Wildman–Crippen LogP) is 1.21. The van der Waals surface area contributed by atoms with Gasteiger partial charge in [-0.25, -0.2) is 0 Å². The van der Waals surface area contributed by atoms with Crippen LogP contribution in [0.1, 0.15) is 32.6 Å².